The molecule has 0 unspecified atom stereocenters. The average molecular weight is 348 g/mol. The second-order valence-corrected chi connectivity index (χ2v) is 6.37. The summed E-state index contributed by atoms with van der Waals surface area (Å²) in [7, 11) is 0. The molecule has 2 atom stereocenters. The molecule has 6 nitrogen and oxygen atoms in total. The maximum atomic E-state index is 12.9. The van der Waals surface area contributed by atoms with Crippen LogP contribution < -0.4 is 5.32 Å². The Kier molecular flexibility index (Phi) is 5.16. The molecule has 1 N–H and O–H groups in total. The van der Waals surface area contributed by atoms with E-state index in [2.05, 4.69) is 15.6 Å². The summed E-state index contributed by atoms with van der Waals surface area (Å²) in [6, 6.07) is 10.3. The molecule has 24 heavy (non-hydrogen) atoms. The highest BCUT2D eigenvalue weighted by molar-refractivity contribution is 5.92. The molecule has 2 fully saturated rings. The zero-order valence-corrected chi connectivity index (χ0v) is 14.3. The molecule has 0 bridgehead atoms. The number of likely N-dealkylation sites (tertiary alicyclic amines) is 1. The molecule has 2 saturated heterocycles. The average Bonchev–Trinajstić information content (AvgIpc) is 3.11. The number of benzene rings is 1. The fourth-order valence-corrected chi connectivity index (χ4v) is 3.73. The van der Waals surface area contributed by atoms with Gasteiger partial charge in [-0.1, -0.05) is 23.4 Å². The van der Waals surface area contributed by atoms with Gasteiger partial charge in [-0.25, -0.2) is 4.68 Å². The molecule has 128 valence electrons. The van der Waals surface area contributed by atoms with Gasteiger partial charge in [0.1, 0.15) is 0 Å². The van der Waals surface area contributed by atoms with Gasteiger partial charge in [0.05, 0.1) is 11.9 Å². The van der Waals surface area contributed by atoms with Crippen molar-refractivity contribution in [2.45, 2.75) is 25.3 Å². The van der Waals surface area contributed by atoms with E-state index in [1.165, 1.54) is 12.8 Å². The number of carbonyl (C=O) groups is 1. The minimum atomic E-state index is 0. The SMILES string of the molecule is Cl.O=C(c1cnnn1-c1ccccc1)N1CC[C@@H]2NCCC[C@@H]2C1. The molecule has 1 amide bonds. The molecule has 4 rings (SSSR count). The molecule has 7 heteroatoms. The van der Waals surface area contributed by atoms with Gasteiger partial charge in [0, 0.05) is 19.1 Å². The van der Waals surface area contributed by atoms with E-state index in [0.717, 1.165) is 31.7 Å². The van der Waals surface area contributed by atoms with Crippen LogP contribution in [-0.4, -0.2) is 51.5 Å². The van der Waals surface area contributed by atoms with Gasteiger partial charge in [-0.3, -0.25) is 4.79 Å². The van der Waals surface area contributed by atoms with Crippen molar-refractivity contribution >= 4 is 18.3 Å². The van der Waals surface area contributed by atoms with Crippen molar-refractivity contribution in [1.82, 2.24) is 25.2 Å². The van der Waals surface area contributed by atoms with Crippen LogP contribution in [0, 0.1) is 5.92 Å². The monoisotopic (exact) mass is 347 g/mol. The zero-order valence-electron chi connectivity index (χ0n) is 13.5. The van der Waals surface area contributed by atoms with E-state index in [9.17, 15) is 4.79 Å². The molecule has 1 aromatic carbocycles. The Morgan fingerprint density at radius 1 is 1.21 bits per heavy atom. The van der Waals surface area contributed by atoms with Gasteiger partial charge in [-0.2, -0.15) is 0 Å². The summed E-state index contributed by atoms with van der Waals surface area (Å²) >= 11 is 0. The van der Waals surface area contributed by atoms with Crippen LogP contribution >= 0.6 is 12.4 Å². The Hall–Kier alpha value is -1.92. The Balaban J connectivity index is 0.00000169. The van der Waals surface area contributed by atoms with E-state index in [4.69, 9.17) is 0 Å². The summed E-state index contributed by atoms with van der Waals surface area (Å²) in [5, 5.41) is 11.6. The number of fused-ring (bicyclic) bond motifs is 1. The molecule has 1 aromatic heterocycles. The first kappa shape index (κ1) is 16.9. The van der Waals surface area contributed by atoms with Gasteiger partial charge in [-0.15, -0.1) is 17.5 Å². The molecule has 2 aliphatic rings. The number of aromatic nitrogens is 3. The van der Waals surface area contributed by atoms with Crippen LogP contribution in [-0.2, 0) is 0 Å². The van der Waals surface area contributed by atoms with E-state index < -0.39 is 0 Å². The fourth-order valence-electron chi connectivity index (χ4n) is 3.73. The molecule has 3 heterocycles. The van der Waals surface area contributed by atoms with Crippen molar-refractivity contribution in [2.24, 2.45) is 5.92 Å². The summed E-state index contributed by atoms with van der Waals surface area (Å²) in [5.74, 6) is 0.602. The van der Waals surface area contributed by atoms with Crippen LogP contribution in [0.5, 0.6) is 0 Å². The van der Waals surface area contributed by atoms with Crippen molar-refractivity contribution in [2.75, 3.05) is 19.6 Å². The number of hydrogen-bond acceptors (Lipinski definition) is 4. The lowest BCUT2D eigenvalue weighted by Crippen LogP contribution is -2.53. The third-order valence-electron chi connectivity index (χ3n) is 4.95. The maximum Gasteiger partial charge on any atom is 0.274 e. The van der Waals surface area contributed by atoms with Gasteiger partial charge in [0.25, 0.3) is 5.91 Å². The molecular weight excluding hydrogens is 326 g/mol. The second kappa shape index (κ2) is 7.32. The molecule has 2 aliphatic heterocycles. The van der Waals surface area contributed by atoms with E-state index in [-0.39, 0.29) is 18.3 Å². The predicted molar refractivity (Wildman–Crippen MR) is 93.6 cm³/mol. The summed E-state index contributed by atoms with van der Waals surface area (Å²) in [6.07, 6.45) is 5.01. The molecule has 0 radical (unpaired) electrons. The smallest absolute Gasteiger partial charge is 0.274 e. The van der Waals surface area contributed by atoms with Crippen LogP contribution in [0.15, 0.2) is 36.5 Å². The van der Waals surface area contributed by atoms with Crippen molar-refractivity contribution in [3.05, 3.63) is 42.2 Å². The first-order valence-corrected chi connectivity index (χ1v) is 8.32. The minimum Gasteiger partial charge on any atom is -0.337 e. The lowest BCUT2D eigenvalue weighted by Gasteiger charge is -2.41. The molecular formula is C17H22ClN5O. The van der Waals surface area contributed by atoms with E-state index in [0.29, 0.717) is 17.7 Å². The van der Waals surface area contributed by atoms with Crippen LogP contribution in [0.3, 0.4) is 0 Å². The largest absolute Gasteiger partial charge is 0.337 e. The highest BCUT2D eigenvalue weighted by Gasteiger charge is 2.34. The van der Waals surface area contributed by atoms with Crippen molar-refractivity contribution < 1.29 is 4.79 Å². The quantitative estimate of drug-likeness (QED) is 0.901. The van der Waals surface area contributed by atoms with Gasteiger partial charge in [0.2, 0.25) is 0 Å². The van der Waals surface area contributed by atoms with Crippen molar-refractivity contribution in [3.8, 4) is 5.69 Å². The minimum absolute atomic E-state index is 0. The summed E-state index contributed by atoms with van der Waals surface area (Å²) < 4.78 is 1.63. The number of carbonyl (C=O) groups excluding carboxylic acids is 1. The lowest BCUT2D eigenvalue weighted by molar-refractivity contribution is 0.0584. The van der Waals surface area contributed by atoms with Crippen LogP contribution in [0.1, 0.15) is 29.8 Å². The topological polar surface area (TPSA) is 63.1 Å². The second-order valence-electron chi connectivity index (χ2n) is 6.37. The number of amides is 1. The Morgan fingerprint density at radius 2 is 2.04 bits per heavy atom. The number of nitrogens with zero attached hydrogens (tertiary/aromatic N) is 4. The van der Waals surface area contributed by atoms with E-state index in [1.807, 2.05) is 35.2 Å². The molecule has 0 spiro atoms. The van der Waals surface area contributed by atoms with Crippen molar-refractivity contribution in [1.29, 1.82) is 0 Å². The first-order chi connectivity index (χ1) is 11.3. The number of rotatable bonds is 2. The van der Waals surface area contributed by atoms with Gasteiger partial charge >= 0.3 is 0 Å². The van der Waals surface area contributed by atoms with Crippen molar-refractivity contribution in [3.63, 3.8) is 0 Å². The predicted octanol–water partition coefficient (Wildman–Crippen LogP) is 1.90. The Morgan fingerprint density at radius 3 is 2.88 bits per heavy atom. The molecule has 2 aromatic rings. The van der Waals surface area contributed by atoms with Gasteiger partial charge < -0.3 is 10.2 Å². The summed E-state index contributed by atoms with van der Waals surface area (Å²) in [5.41, 5.74) is 1.40. The normalized spacial score (nSPS) is 23.2. The first-order valence-electron chi connectivity index (χ1n) is 8.32. The zero-order chi connectivity index (χ0) is 15.6. The third kappa shape index (κ3) is 3.16. The van der Waals surface area contributed by atoms with Gasteiger partial charge in [0.15, 0.2) is 5.69 Å². The third-order valence-corrected chi connectivity index (χ3v) is 4.95. The van der Waals surface area contributed by atoms with Crippen LogP contribution in [0.4, 0.5) is 0 Å². The molecule has 0 saturated carbocycles. The van der Waals surface area contributed by atoms with E-state index >= 15 is 0 Å². The van der Waals surface area contributed by atoms with Crippen LogP contribution in [0.2, 0.25) is 0 Å². The highest BCUT2D eigenvalue weighted by Crippen LogP contribution is 2.26. The number of hydrogen-bond donors (Lipinski definition) is 1. The standard InChI is InChI=1S/C17H21N5O.ClH/c23-17(21-10-8-15-13(12-21)5-4-9-18-15)16-11-19-20-22(16)14-6-2-1-3-7-14;/h1-3,6-7,11,13,15,18H,4-5,8-10,12H2;1H/t13-,15+;/m1./s1. The highest BCUT2D eigenvalue weighted by atomic mass is 35.5. The maximum absolute atomic E-state index is 12.9. The van der Waals surface area contributed by atoms with Crippen LogP contribution in [0.25, 0.3) is 5.69 Å². The summed E-state index contributed by atoms with van der Waals surface area (Å²) in [4.78, 5) is 14.9. The molecule has 0 aliphatic carbocycles. The Labute approximate surface area is 147 Å². The van der Waals surface area contributed by atoms with Gasteiger partial charge in [-0.05, 0) is 43.9 Å². The van der Waals surface area contributed by atoms with E-state index in [1.54, 1.807) is 10.9 Å². The lowest BCUT2D eigenvalue weighted by atomic mass is 9.85. The number of piperidine rings is 2. The Bertz CT molecular complexity index is 689. The number of para-hydroxylation sites is 1. The summed E-state index contributed by atoms with van der Waals surface area (Å²) in [6.45, 7) is 2.74. The number of halogens is 1. The number of nitrogens with one attached hydrogen (secondary N) is 1. The fraction of sp³-hybridized carbons (Fsp3) is 0.471.